The van der Waals surface area contributed by atoms with Crippen LogP contribution >= 0.6 is 0 Å². The largest absolute Gasteiger partial charge is 0.480 e. The summed E-state index contributed by atoms with van der Waals surface area (Å²) in [7, 11) is 0. The summed E-state index contributed by atoms with van der Waals surface area (Å²) < 4.78 is 0. The van der Waals surface area contributed by atoms with Crippen LogP contribution in [-0.2, 0) is 14.4 Å². The zero-order valence-electron chi connectivity index (χ0n) is 12.9. The quantitative estimate of drug-likeness (QED) is 0.695. The maximum absolute atomic E-state index is 12.2. The number of carboxylic acid groups (broad SMARTS) is 1. The van der Waals surface area contributed by atoms with E-state index in [9.17, 15) is 19.5 Å². The number of carbonyl (C=O) groups excluding carboxylic acids is 2. The molecule has 1 aliphatic rings. The molecule has 0 spiro atoms. The van der Waals surface area contributed by atoms with Crippen LogP contribution in [0, 0.1) is 5.92 Å². The molecule has 1 rings (SSSR count). The number of likely N-dealkylation sites (tertiary alicyclic amines) is 1. The van der Waals surface area contributed by atoms with Crippen molar-refractivity contribution in [1.29, 1.82) is 0 Å². The summed E-state index contributed by atoms with van der Waals surface area (Å²) in [6.45, 7) is 4.68. The van der Waals surface area contributed by atoms with E-state index in [-0.39, 0.29) is 11.8 Å². The van der Waals surface area contributed by atoms with Crippen molar-refractivity contribution in [2.45, 2.75) is 58.4 Å². The molecule has 2 atom stereocenters. The number of aliphatic carboxylic acids is 1. The van der Waals surface area contributed by atoms with E-state index in [0.29, 0.717) is 31.8 Å². The topological polar surface area (TPSA) is 86.7 Å². The first-order valence-electron chi connectivity index (χ1n) is 7.68. The molecule has 6 nitrogen and oxygen atoms in total. The Bertz CT molecular complexity index is 384. The fourth-order valence-corrected chi connectivity index (χ4v) is 2.66. The number of nitrogens with one attached hydrogen (secondary N) is 1. The lowest BCUT2D eigenvalue weighted by molar-refractivity contribution is -0.153. The predicted octanol–water partition coefficient (Wildman–Crippen LogP) is 1.39. The first kappa shape index (κ1) is 17.5. The van der Waals surface area contributed by atoms with Gasteiger partial charge in [-0.25, -0.2) is 4.79 Å². The van der Waals surface area contributed by atoms with E-state index in [0.717, 1.165) is 25.7 Å². The lowest BCUT2D eigenvalue weighted by atomic mass is 9.92. The van der Waals surface area contributed by atoms with Crippen LogP contribution in [-0.4, -0.2) is 46.9 Å². The Morgan fingerprint density at radius 3 is 2.57 bits per heavy atom. The predicted molar refractivity (Wildman–Crippen MR) is 78.7 cm³/mol. The number of piperidine rings is 1. The maximum Gasteiger partial charge on any atom is 0.326 e. The molecule has 2 N–H and O–H groups in total. The summed E-state index contributed by atoms with van der Waals surface area (Å²) in [4.78, 5) is 35.6. The number of amides is 2. The van der Waals surface area contributed by atoms with E-state index in [1.165, 1.54) is 11.8 Å². The molecular formula is C15H26N2O4. The minimum Gasteiger partial charge on any atom is -0.480 e. The number of hydrogen-bond donors (Lipinski definition) is 2. The lowest BCUT2D eigenvalue weighted by Crippen LogP contribution is -2.49. The molecule has 0 bridgehead atoms. The van der Waals surface area contributed by atoms with E-state index in [4.69, 9.17) is 0 Å². The van der Waals surface area contributed by atoms with E-state index < -0.39 is 12.0 Å². The van der Waals surface area contributed by atoms with Gasteiger partial charge in [-0.3, -0.25) is 9.59 Å². The van der Waals surface area contributed by atoms with Crippen molar-refractivity contribution in [1.82, 2.24) is 10.2 Å². The van der Waals surface area contributed by atoms with Crippen molar-refractivity contribution in [3.05, 3.63) is 0 Å². The monoisotopic (exact) mass is 298 g/mol. The van der Waals surface area contributed by atoms with Crippen molar-refractivity contribution in [3.8, 4) is 0 Å². The van der Waals surface area contributed by atoms with Gasteiger partial charge >= 0.3 is 5.97 Å². The van der Waals surface area contributed by atoms with E-state index in [2.05, 4.69) is 5.32 Å². The van der Waals surface area contributed by atoms with Crippen LogP contribution in [0.25, 0.3) is 0 Å². The van der Waals surface area contributed by atoms with E-state index in [1.807, 2.05) is 6.92 Å². The third-order valence-corrected chi connectivity index (χ3v) is 3.91. The second-order valence-electron chi connectivity index (χ2n) is 5.86. The highest BCUT2D eigenvalue weighted by molar-refractivity contribution is 5.83. The molecule has 21 heavy (non-hydrogen) atoms. The fraction of sp³-hybridized carbons (Fsp3) is 0.800. The molecule has 2 unspecified atom stereocenters. The summed E-state index contributed by atoms with van der Waals surface area (Å²) in [6, 6.07) is -0.666. The summed E-state index contributed by atoms with van der Waals surface area (Å²) in [5.74, 6) is -0.653. The molecule has 1 aliphatic heterocycles. The van der Waals surface area contributed by atoms with Gasteiger partial charge in [0.1, 0.15) is 6.04 Å². The van der Waals surface area contributed by atoms with Crippen LogP contribution in [0.5, 0.6) is 0 Å². The summed E-state index contributed by atoms with van der Waals surface area (Å²) >= 11 is 0. The van der Waals surface area contributed by atoms with Crippen LogP contribution in [0.3, 0.4) is 0 Å². The second-order valence-corrected chi connectivity index (χ2v) is 5.86. The molecule has 0 aliphatic carbocycles. The molecule has 1 saturated heterocycles. The average Bonchev–Trinajstić information content (AvgIpc) is 2.41. The van der Waals surface area contributed by atoms with Gasteiger partial charge in [-0.15, -0.1) is 0 Å². The van der Waals surface area contributed by atoms with Gasteiger partial charge in [0, 0.05) is 26.4 Å². The molecule has 0 radical (unpaired) electrons. The Morgan fingerprint density at radius 2 is 1.95 bits per heavy atom. The van der Waals surface area contributed by atoms with Crippen molar-refractivity contribution >= 4 is 17.8 Å². The molecule has 1 heterocycles. The van der Waals surface area contributed by atoms with E-state index >= 15 is 0 Å². The Morgan fingerprint density at radius 1 is 1.24 bits per heavy atom. The summed E-state index contributed by atoms with van der Waals surface area (Å²) in [5.41, 5.74) is 0. The van der Waals surface area contributed by atoms with Crippen molar-refractivity contribution < 1.29 is 19.5 Å². The third kappa shape index (κ3) is 6.14. The van der Waals surface area contributed by atoms with Gasteiger partial charge in [0.15, 0.2) is 0 Å². The van der Waals surface area contributed by atoms with Crippen molar-refractivity contribution in [2.24, 2.45) is 5.92 Å². The van der Waals surface area contributed by atoms with Crippen LogP contribution in [0.2, 0.25) is 0 Å². The van der Waals surface area contributed by atoms with Crippen molar-refractivity contribution in [3.63, 3.8) is 0 Å². The van der Waals surface area contributed by atoms with E-state index in [1.54, 1.807) is 0 Å². The zero-order valence-corrected chi connectivity index (χ0v) is 12.9. The Labute approximate surface area is 125 Å². The summed E-state index contributed by atoms with van der Waals surface area (Å²) in [5, 5.41) is 11.9. The first-order valence-corrected chi connectivity index (χ1v) is 7.68. The molecule has 0 aromatic carbocycles. The van der Waals surface area contributed by atoms with Crippen LogP contribution < -0.4 is 5.32 Å². The Balaban J connectivity index is 2.30. The number of carbonyl (C=O) groups is 3. The van der Waals surface area contributed by atoms with Crippen LogP contribution in [0.1, 0.15) is 52.4 Å². The first-order chi connectivity index (χ1) is 9.91. The Kier molecular flexibility index (Phi) is 7.19. The molecule has 6 heteroatoms. The molecule has 0 aromatic rings. The minimum atomic E-state index is -0.902. The minimum absolute atomic E-state index is 0.0437. The number of rotatable bonds is 7. The normalized spacial score (nSPS) is 21.9. The smallest absolute Gasteiger partial charge is 0.326 e. The maximum atomic E-state index is 12.2. The van der Waals surface area contributed by atoms with Crippen LogP contribution in [0.15, 0.2) is 0 Å². The number of nitrogens with zero attached hydrogens (tertiary/aromatic N) is 1. The molecule has 1 fully saturated rings. The molecule has 2 amide bonds. The molecular weight excluding hydrogens is 272 g/mol. The highest BCUT2D eigenvalue weighted by atomic mass is 16.4. The standard InChI is InChI=1S/C15H26N2O4/c1-11-7-9-17(13(10-11)15(20)21)14(19)6-4-3-5-8-16-12(2)18/h11,13H,3-10H2,1-2H3,(H,16,18)(H,20,21). The highest BCUT2D eigenvalue weighted by Gasteiger charge is 2.34. The van der Waals surface area contributed by atoms with Gasteiger partial charge in [0.05, 0.1) is 0 Å². The number of unbranched alkanes of at least 4 members (excludes halogenated alkanes) is 2. The van der Waals surface area contributed by atoms with Gasteiger partial charge in [0.2, 0.25) is 11.8 Å². The zero-order chi connectivity index (χ0) is 15.8. The summed E-state index contributed by atoms with van der Waals surface area (Å²) in [6.07, 6.45) is 4.23. The SMILES string of the molecule is CC(=O)NCCCCCC(=O)N1CCC(C)CC1C(=O)O. The van der Waals surface area contributed by atoms with Gasteiger partial charge in [-0.2, -0.15) is 0 Å². The fourth-order valence-electron chi connectivity index (χ4n) is 2.66. The third-order valence-electron chi connectivity index (χ3n) is 3.91. The highest BCUT2D eigenvalue weighted by Crippen LogP contribution is 2.23. The number of carboxylic acids is 1. The van der Waals surface area contributed by atoms with Gasteiger partial charge in [-0.1, -0.05) is 13.3 Å². The lowest BCUT2D eigenvalue weighted by Gasteiger charge is -2.36. The molecule has 0 aromatic heterocycles. The molecule has 0 saturated carbocycles. The average molecular weight is 298 g/mol. The number of hydrogen-bond acceptors (Lipinski definition) is 3. The van der Waals surface area contributed by atoms with Gasteiger partial charge < -0.3 is 15.3 Å². The van der Waals surface area contributed by atoms with Gasteiger partial charge in [-0.05, 0) is 31.6 Å². The molecule has 120 valence electrons. The second kappa shape index (κ2) is 8.64. The van der Waals surface area contributed by atoms with Gasteiger partial charge in [0.25, 0.3) is 0 Å². The van der Waals surface area contributed by atoms with Crippen molar-refractivity contribution in [2.75, 3.05) is 13.1 Å². The Hall–Kier alpha value is -1.59. The van der Waals surface area contributed by atoms with Crippen LogP contribution in [0.4, 0.5) is 0 Å².